The van der Waals surface area contributed by atoms with E-state index in [2.05, 4.69) is 10.2 Å². The average Bonchev–Trinajstić information content (AvgIpc) is 2.36. The van der Waals surface area contributed by atoms with Gasteiger partial charge < -0.3 is 20.2 Å². The zero-order valence-corrected chi connectivity index (χ0v) is 11.8. The van der Waals surface area contributed by atoms with Gasteiger partial charge in [-0.25, -0.2) is 4.79 Å². The molecule has 0 aliphatic carbocycles. The standard InChI is InChI=1S/C12H20F3N3O3/c1-2-17-5-3-4-9(6-17)16-11(21)18(7-10(19)20)8-12(13,14)15/h9H,2-8H2,1H3,(H,16,21)(H,19,20). The lowest BCUT2D eigenvalue weighted by atomic mass is 10.1. The van der Waals surface area contributed by atoms with Crippen molar-refractivity contribution in [1.29, 1.82) is 0 Å². The summed E-state index contributed by atoms with van der Waals surface area (Å²) in [5, 5.41) is 11.1. The number of amides is 2. The number of hydrogen-bond acceptors (Lipinski definition) is 3. The lowest BCUT2D eigenvalue weighted by molar-refractivity contribution is -0.149. The van der Waals surface area contributed by atoms with E-state index in [1.807, 2.05) is 6.92 Å². The van der Waals surface area contributed by atoms with Gasteiger partial charge >= 0.3 is 18.2 Å². The molecule has 1 aliphatic rings. The highest BCUT2D eigenvalue weighted by molar-refractivity contribution is 5.80. The lowest BCUT2D eigenvalue weighted by Gasteiger charge is -2.33. The molecule has 9 heteroatoms. The van der Waals surface area contributed by atoms with Gasteiger partial charge in [0.1, 0.15) is 13.1 Å². The van der Waals surface area contributed by atoms with Gasteiger partial charge in [0.05, 0.1) is 0 Å². The largest absolute Gasteiger partial charge is 0.480 e. The van der Waals surface area contributed by atoms with Crippen LogP contribution in [0, 0.1) is 0 Å². The third-order valence-electron chi connectivity index (χ3n) is 3.26. The van der Waals surface area contributed by atoms with Crippen LogP contribution in [0.25, 0.3) is 0 Å². The predicted octanol–water partition coefficient (Wildman–Crippen LogP) is 1.13. The van der Waals surface area contributed by atoms with Crippen molar-refractivity contribution in [2.75, 3.05) is 32.7 Å². The van der Waals surface area contributed by atoms with Crippen molar-refractivity contribution < 1.29 is 27.9 Å². The van der Waals surface area contributed by atoms with E-state index in [0.29, 0.717) is 13.0 Å². The highest BCUT2D eigenvalue weighted by Gasteiger charge is 2.34. The molecule has 1 unspecified atom stereocenters. The van der Waals surface area contributed by atoms with Gasteiger partial charge in [0.2, 0.25) is 0 Å². The summed E-state index contributed by atoms with van der Waals surface area (Å²) in [6, 6.07) is -1.24. The summed E-state index contributed by atoms with van der Waals surface area (Å²) >= 11 is 0. The molecule has 0 aromatic rings. The second-order valence-electron chi connectivity index (χ2n) is 5.05. The third kappa shape index (κ3) is 6.65. The molecule has 21 heavy (non-hydrogen) atoms. The molecule has 1 aliphatic heterocycles. The zero-order chi connectivity index (χ0) is 16.0. The average molecular weight is 311 g/mol. The molecule has 2 N–H and O–H groups in total. The maximum atomic E-state index is 12.4. The van der Waals surface area contributed by atoms with Crippen LogP contribution in [-0.2, 0) is 4.79 Å². The summed E-state index contributed by atoms with van der Waals surface area (Å²) < 4.78 is 37.2. The minimum absolute atomic E-state index is 0.254. The summed E-state index contributed by atoms with van der Waals surface area (Å²) in [6.07, 6.45) is -3.11. The Morgan fingerprint density at radius 3 is 2.62 bits per heavy atom. The van der Waals surface area contributed by atoms with E-state index in [1.54, 1.807) is 0 Å². The van der Waals surface area contributed by atoms with Crippen LogP contribution in [0.4, 0.5) is 18.0 Å². The molecule has 0 saturated carbocycles. The van der Waals surface area contributed by atoms with Crippen LogP contribution < -0.4 is 5.32 Å². The Kier molecular flexibility index (Phi) is 6.25. The molecule has 0 aromatic heterocycles. The van der Waals surface area contributed by atoms with Crippen LogP contribution in [0.5, 0.6) is 0 Å². The number of likely N-dealkylation sites (tertiary alicyclic amines) is 1. The number of carbonyl (C=O) groups is 2. The molecular weight excluding hydrogens is 291 g/mol. The minimum atomic E-state index is -4.63. The maximum absolute atomic E-state index is 12.4. The SMILES string of the molecule is CCN1CCCC(NC(=O)N(CC(=O)O)CC(F)(F)F)C1. The monoisotopic (exact) mass is 311 g/mol. The Morgan fingerprint density at radius 2 is 2.10 bits per heavy atom. The molecule has 0 aromatic carbocycles. The van der Waals surface area contributed by atoms with Crippen LogP contribution in [0.1, 0.15) is 19.8 Å². The van der Waals surface area contributed by atoms with Crippen molar-refractivity contribution in [3.8, 4) is 0 Å². The molecular formula is C12H20F3N3O3. The fourth-order valence-electron chi connectivity index (χ4n) is 2.31. The number of halogens is 3. The summed E-state index contributed by atoms with van der Waals surface area (Å²) in [7, 11) is 0. The second kappa shape index (κ2) is 7.48. The van der Waals surface area contributed by atoms with Crippen LogP contribution in [0.2, 0.25) is 0 Å². The zero-order valence-electron chi connectivity index (χ0n) is 11.8. The Hall–Kier alpha value is -1.51. The summed E-state index contributed by atoms with van der Waals surface area (Å²) in [4.78, 5) is 24.8. The highest BCUT2D eigenvalue weighted by Crippen LogP contribution is 2.17. The molecule has 0 spiro atoms. The van der Waals surface area contributed by atoms with Crippen molar-refractivity contribution in [3.05, 3.63) is 0 Å². The molecule has 1 heterocycles. The molecule has 122 valence electrons. The number of alkyl halides is 3. The van der Waals surface area contributed by atoms with Crippen molar-refractivity contribution >= 4 is 12.0 Å². The third-order valence-corrected chi connectivity index (χ3v) is 3.26. The smallest absolute Gasteiger partial charge is 0.406 e. The fourth-order valence-corrected chi connectivity index (χ4v) is 2.31. The Bertz CT molecular complexity index is 376. The predicted molar refractivity (Wildman–Crippen MR) is 68.9 cm³/mol. The number of carboxylic acids is 1. The van der Waals surface area contributed by atoms with Gasteiger partial charge in [0.25, 0.3) is 0 Å². The quantitative estimate of drug-likeness (QED) is 0.798. The van der Waals surface area contributed by atoms with E-state index in [-0.39, 0.29) is 10.9 Å². The Labute approximate surface area is 120 Å². The van der Waals surface area contributed by atoms with E-state index in [4.69, 9.17) is 5.11 Å². The lowest BCUT2D eigenvalue weighted by Crippen LogP contribution is -2.53. The number of aliphatic carboxylic acids is 1. The van der Waals surface area contributed by atoms with E-state index in [0.717, 1.165) is 19.5 Å². The van der Waals surface area contributed by atoms with E-state index >= 15 is 0 Å². The first-order valence-corrected chi connectivity index (χ1v) is 6.77. The van der Waals surface area contributed by atoms with Crippen LogP contribution in [0.3, 0.4) is 0 Å². The van der Waals surface area contributed by atoms with Gasteiger partial charge in [-0.3, -0.25) is 4.79 Å². The second-order valence-corrected chi connectivity index (χ2v) is 5.05. The van der Waals surface area contributed by atoms with E-state index in [1.165, 1.54) is 0 Å². The van der Waals surface area contributed by atoms with Gasteiger partial charge in [-0.1, -0.05) is 6.92 Å². The van der Waals surface area contributed by atoms with E-state index < -0.39 is 31.3 Å². The number of piperidine rings is 1. The molecule has 1 rings (SSSR count). The molecule has 1 saturated heterocycles. The number of carbonyl (C=O) groups excluding carboxylic acids is 1. The molecule has 0 radical (unpaired) electrons. The molecule has 0 bridgehead atoms. The Balaban J connectivity index is 2.60. The number of nitrogens with one attached hydrogen (secondary N) is 1. The van der Waals surface area contributed by atoms with Crippen LogP contribution >= 0.6 is 0 Å². The van der Waals surface area contributed by atoms with Gasteiger partial charge in [-0.15, -0.1) is 0 Å². The molecule has 2 amide bonds. The maximum Gasteiger partial charge on any atom is 0.406 e. The van der Waals surface area contributed by atoms with Gasteiger partial charge in [-0.2, -0.15) is 13.2 Å². The molecule has 6 nitrogen and oxygen atoms in total. The number of likely N-dealkylation sites (N-methyl/N-ethyl adjacent to an activating group) is 1. The normalized spacial score (nSPS) is 20.1. The van der Waals surface area contributed by atoms with Gasteiger partial charge in [0.15, 0.2) is 0 Å². The topological polar surface area (TPSA) is 72.9 Å². The first-order valence-electron chi connectivity index (χ1n) is 6.77. The Morgan fingerprint density at radius 1 is 1.43 bits per heavy atom. The first-order chi connectivity index (χ1) is 9.71. The van der Waals surface area contributed by atoms with Gasteiger partial charge in [-0.05, 0) is 25.9 Å². The summed E-state index contributed by atoms with van der Waals surface area (Å²) in [5.74, 6) is -1.48. The highest BCUT2D eigenvalue weighted by atomic mass is 19.4. The van der Waals surface area contributed by atoms with Crippen LogP contribution in [-0.4, -0.2) is 71.8 Å². The number of hydrogen-bond donors (Lipinski definition) is 2. The van der Waals surface area contributed by atoms with E-state index in [9.17, 15) is 22.8 Å². The summed E-state index contributed by atoms with van der Waals surface area (Å²) in [6.45, 7) is 1.67. The fraction of sp³-hybridized carbons (Fsp3) is 0.833. The summed E-state index contributed by atoms with van der Waals surface area (Å²) in [5.41, 5.74) is 0. The molecule has 1 atom stereocenters. The number of nitrogens with zero attached hydrogens (tertiary/aromatic N) is 2. The number of rotatable bonds is 5. The minimum Gasteiger partial charge on any atom is -0.480 e. The number of urea groups is 1. The van der Waals surface area contributed by atoms with Crippen molar-refractivity contribution in [2.24, 2.45) is 0 Å². The van der Waals surface area contributed by atoms with Crippen molar-refractivity contribution in [3.63, 3.8) is 0 Å². The van der Waals surface area contributed by atoms with Crippen LogP contribution in [0.15, 0.2) is 0 Å². The molecule has 1 fully saturated rings. The first kappa shape index (κ1) is 17.5. The number of carboxylic acid groups (broad SMARTS) is 1. The van der Waals surface area contributed by atoms with Gasteiger partial charge in [0, 0.05) is 12.6 Å². The van der Waals surface area contributed by atoms with Crippen molar-refractivity contribution in [2.45, 2.75) is 32.0 Å². The van der Waals surface area contributed by atoms with Crippen molar-refractivity contribution in [1.82, 2.24) is 15.1 Å².